The molecule has 1 unspecified atom stereocenters. The minimum absolute atomic E-state index is 0.534. The highest BCUT2D eigenvalue weighted by molar-refractivity contribution is 7.99. The highest BCUT2D eigenvalue weighted by atomic mass is 32.2. The van der Waals surface area contributed by atoms with Gasteiger partial charge in [0.2, 0.25) is 0 Å². The number of ether oxygens (including phenoxy) is 2. The van der Waals surface area contributed by atoms with Crippen molar-refractivity contribution in [2.45, 2.75) is 39.8 Å². The zero-order valence-electron chi connectivity index (χ0n) is 13.1. The summed E-state index contributed by atoms with van der Waals surface area (Å²) in [5.74, 6) is 4.03. The van der Waals surface area contributed by atoms with Crippen LogP contribution in [0.5, 0.6) is 11.5 Å². The van der Waals surface area contributed by atoms with E-state index in [1.165, 1.54) is 23.5 Å². The van der Waals surface area contributed by atoms with E-state index in [0.29, 0.717) is 12.6 Å². The van der Waals surface area contributed by atoms with Crippen LogP contribution < -0.4 is 14.8 Å². The van der Waals surface area contributed by atoms with E-state index in [4.69, 9.17) is 9.47 Å². The van der Waals surface area contributed by atoms with Crippen molar-refractivity contribution in [1.29, 1.82) is 0 Å². The second-order valence-corrected chi connectivity index (χ2v) is 6.08. The van der Waals surface area contributed by atoms with Crippen molar-refractivity contribution < 1.29 is 9.47 Å². The Balaban J connectivity index is 2.47. The molecule has 1 aromatic rings. The third-order valence-corrected chi connectivity index (χ3v) is 4.01. The average molecular weight is 297 g/mol. The molecule has 0 amide bonds. The molecule has 0 aliphatic carbocycles. The molecule has 0 bridgehead atoms. The molecule has 0 heterocycles. The first-order valence-electron chi connectivity index (χ1n) is 7.32. The zero-order valence-corrected chi connectivity index (χ0v) is 13.9. The van der Waals surface area contributed by atoms with Crippen LogP contribution in [-0.4, -0.2) is 31.3 Å². The Morgan fingerprint density at radius 2 is 2.05 bits per heavy atom. The normalized spacial score (nSPS) is 12.2. The Kier molecular flexibility index (Phi) is 8.54. The maximum absolute atomic E-state index is 5.53. The summed E-state index contributed by atoms with van der Waals surface area (Å²) < 4.78 is 10.9. The number of methoxy groups -OCH3 is 1. The zero-order chi connectivity index (χ0) is 14.8. The molecule has 1 aromatic carbocycles. The monoisotopic (exact) mass is 297 g/mol. The molecule has 0 spiro atoms. The number of benzene rings is 1. The second-order valence-electron chi connectivity index (χ2n) is 4.69. The fourth-order valence-electron chi connectivity index (χ4n) is 1.90. The summed E-state index contributed by atoms with van der Waals surface area (Å²) in [5, 5.41) is 3.55. The predicted molar refractivity (Wildman–Crippen MR) is 88.1 cm³/mol. The maximum Gasteiger partial charge on any atom is 0.161 e. The van der Waals surface area contributed by atoms with Gasteiger partial charge in [-0.15, -0.1) is 0 Å². The molecule has 0 saturated carbocycles. The van der Waals surface area contributed by atoms with Crippen molar-refractivity contribution in [3.8, 4) is 11.5 Å². The minimum Gasteiger partial charge on any atom is -0.493 e. The molecular weight excluding hydrogens is 270 g/mol. The minimum atomic E-state index is 0.534. The summed E-state index contributed by atoms with van der Waals surface area (Å²) in [6.45, 7) is 7.93. The van der Waals surface area contributed by atoms with Gasteiger partial charge in [-0.05, 0) is 49.5 Å². The number of hydrogen-bond donors (Lipinski definition) is 1. The topological polar surface area (TPSA) is 30.5 Å². The van der Waals surface area contributed by atoms with Crippen LogP contribution in [0.25, 0.3) is 0 Å². The van der Waals surface area contributed by atoms with E-state index in [1.54, 1.807) is 7.11 Å². The van der Waals surface area contributed by atoms with Gasteiger partial charge in [0, 0.05) is 12.6 Å². The van der Waals surface area contributed by atoms with Gasteiger partial charge in [-0.2, -0.15) is 11.8 Å². The highest BCUT2D eigenvalue weighted by Gasteiger charge is 2.06. The lowest BCUT2D eigenvalue weighted by atomic mass is 10.1. The lowest BCUT2D eigenvalue weighted by Gasteiger charge is -2.15. The lowest BCUT2D eigenvalue weighted by molar-refractivity contribution is 0.310. The summed E-state index contributed by atoms with van der Waals surface area (Å²) in [6.07, 6.45) is 1.20. The van der Waals surface area contributed by atoms with Crippen LogP contribution in [0.15, 0.2) is 18.2 Å². The second kappa shape index (κ2) is 9.94. The van der Waals surface area contributed by atoms with Crippen LogP contribution in [0, 0.1) is 0 Å². The Morgan fingerprint density at radius 3 is 2.70 bits per heavy atom. The predicted octanol–water partition coefficient (Wildman–Crippen LogP) is 3.72. The van der Waals surface area contributed by atoms with Crippen LogP contribution in [-0.2, 0) is 6.54 Å². The molecule has 0 aromatic heterocycles. The number of thioether (sulfide) groups is 1. The van der Waals surface area contributed by atoms with Gasteiger partial charge in [-0.3, -0.25) is 0 Å². The summed E-state index contributed by atoms with van der Waals surface area (Å²) in [5.41, 5.74) is 1.22. The summed E-state index contributed by atoms with van der Waals surface area (Å²) >= 11 is 2.00. The molecule has 0 aliphatic heterocycles. The molecule has 20 heavy (non-hydrogen) atoms. The number of hydrogen-bond acceptors (Lipinski definition) is 4. The van der Waals surface area contributed by atoms with Crippen LogP contribution in [0.4, 0.5) is 0 Å². The molecule has 0 aliphatic rings. The van der Waals surface area contributed by atoms with Gasteiger partial charge in [0.15, 0.2) is 11.5 Å². The molecule has 1 N–H and O–H groups in total. The SMILES string of the molecule is CCOc1ccc(CNC(C)CCSCC)cc1OC. The molecule has 0 fully saturated rings. The van der Waals surface area contributed by atoms with Crippen LogP contribution >= 0.6 is 11.8 Å². The smallest absolute Gasteiger partial charge is 0.161 e. The van der Waals surface area contributed by atoms with Crippen LogP contribution in [0.2, 0.25) is 0 Å². The molecular formula is C16H27NO2S. The van der Waals surface area contributed by atoms with E-state index >= 15 is 0 Å². The fourth-order valence-corrected chi connectivity index (χ4v) is 2.70. The van der Waals surface area contributed by atoms with Gasteiger partial charge in [0.1, 0.15) is 0 Å². The first-order chi connectivity index (χ1) is 9.71. The van der Waals surface area contributed by atoms with Crippen LogP contribution in [0.1, 0.15) is 32.8 Å². The molecule has 1 rings (SSSR count). The Hall–Kier alpha value is -0.870. The fraction of sp³-hybridized carbons (Fsp3) is 0.625. The van der Waals surface area contributed by atoms with E-state index in [9.17, 15) is 0 Å². The first-order valence-corrected chi connectivity index (χ1v) is 8.47. The maximum atomic E-state index is 5.53. The van der Waals surface area contributed by atoms with E-state index in [-0.39, 0.29) is 0 Å². The van der Waals surface area contributed by atoms with Gasteiger partial charge < -0.3 is 14.8 Å². The van der Waals surface area contributed by atoms with Gasteiger partial charge in [0.05, 0.1) is 13.7 Å². The molecule has 3 nitrogen and oxygen atoms in total. The molecule has 0 radical (unpaired) electrons. The number of rotatable bonds is 10. The van der Waals surface area contributed by atoms with Crippen molar-refractivity contribution in [1.82, 2.24) is 5.32 Å². The van der Waals surface area contributed by atoms with E-state index in [0.717, 1.165) is 18.0 Å². The van der Waals surface area contributed by atoms with Crippen molar-refractivity contribution in [3.63, 3.8) is 0 Å². The van der Waals surface area contributed by atoms with Crippen molar-refractivity contribution in [2.75, 3.05) is 25.2 Å². The Labute approximate surface area is 127 Å². The number of nitrogens with one attached hydrogen (secondary N) is 1. The van der Waals surface area contributed by atoms with E-state index < -0.39 is 0 Å². The Morgan fingerprint density at radius 1 is 1.25 bits per heavy atom. The molecule has 0 saturated heterocycles. The first kappa shape index (κ1) is 17.2. The van der Waals surface area contributed by atoms with Crippen molar-refractivity contribution in [2.24, 2.45) is 0 Å². The molecule has 4 heteroatoms. The lowest BCUT2D eigenvalue weighted by Crippen LogP contribution is -2.26. The quantitative estimate of drug-likeness (QED) is 0.667. The summed E-state index contributed by atoms with van der Waals surface area (Å²) in [7, 11) is 1.68. The summed E-state index contributed by atoms with van der Waals surface area (Å²) in [4.78, 5) is 0. The average Bonchev–Trinajstić information content (AvgIpc) is 2.46. The largest absolute Gasteiger partial charge is 0.493 e. The van der Waals surface area contributed by atoms with E-state index in [1.807, 2.05) is 30.8 Å². The van der Waals surface area contributed by atoms with Crippen molar-refractivity contribution in [3.05, 3.63) is 23.8 Å². The van der Waals surface area contributed by atoms with Crippen LogP contribution in [0.3, 0.4) is 0 Å². The molecule has 114 valence electrons. The third-order valence-electron chi connectivity index (χ3n) is 3.08. The van der Waals surface area contributed by atoms with E-state index in [2.05, 4.69) is 25.2 Å². The van der Waals surface area contributed by atoms with Gasteiger partial charge >= 0.3 is 0 Å². The third kappa shape index (κ3) is 6.06. The molecule has 1 atom stereocenters. The summed E-state index contributed by atoms with van der Waals surface area (Å²) in [6, 6.07) is 6.66. The standard InChI is InChI=1S/C16H27NO2S/c1-5-19-15-8-7-14(11-16(15)18-4)12-17-13(3)9-10-20-6-2/h7-8,11,13,17H,5-6,9-10,12H2,1-4H3. The van der Waals surface area contributed by atoms with Crippen molar-refractivity contribution >= 4 is 11.8 Å². The van der Waals surface area contributed by atoms with Gasteiger partial charge in [0.25, 0.3) is 0 Å². The van der Waals surface area contributed by atoms with Gasteiger partial charge in [-0.25, -0.2) is 0 Å². The highest BCUT2D eigenvalue weighted by Crippen LogP contribution is 2.28. The van der Waals surface area contributed by atoms with Gasteiger partial charge in [-0.1, -0.05) is 13.0 Å². The Bertz CT molecular complexity index is 385.